The summed E-state index contributed by atoms with van der Waals surface area (Å²) >= 11 is 0. The number of hydrogen-bond donors (Lipinski definition) is 0. The smallest absolute Gasteiger partial charge is 0.234 e. The van der Waals surface area contributed by atoms with Gasteiger partial charge in [-0.25, -0.2) is 0 Å². The first-order valence-electron chi connectivity index (χ1n) is 7.83. The van der Waals surface area contributed by atoms with Crippen molar-refractivity contribution >= 4 is 11.7 Å². The summed E-state index contributed by atoms with van der Waals surface area (Å²) in [7, 11) is 3.79. The quantitative estimate of drug-likeness (QED) is 0.830. The molecule has 1 aromatic rings. The molecule has 108 valence electrons. The second-order valence-electron chi connectivity index (χ2n) is 7.41. The van der Waals surface area contributed by atoms with Gasteiger partial charge in [-0.3, -0.25) is 14.4 Å². The van der Waals surface area contributed by atoms with Gasteiger partial charge in [0.2, 0.25) is 5.91 Å². The third kappa shape index (κ3) is 1.73. The molecule has 4 saturated carbocycles. The van der Waals surface area contributed by atoms with Gasteiger partial charge < -0.3 is 0 Å². The van der Waals surface area contributed by atoms with Gasteiger partial charge >= 0.3 is 0 Å². The number of hydrogen-bond acceptors (Lipinski definition) is 2. The Kier molecular flexibility index (Phi) is 2.54. The van der Waals surface area contributed by atoms with Crippen molar-refractivity contribution < 1.29 is 4.79 Å². The summed E-state index contributed by atoms with van der Waals surface area (Å²) in [6.45, 7) is 0. The third-order valence-electron chi connectivity index (χ3n) is 5.84. The van der Waals surface area contributed by atoms with Gasteiger partial charge in [0, 0.05) is 26.4 Å². The van der Waals surface area contributed by atoms with E-state index in [4.69, 9.17) is 0 Å². The zero-order valence-electron chi connectivity index (χ0n) is 12.4. The lowest BCUT2D eigenvalue weighted by Gasteiger charge is -2.56. The summed E-state index contributed by atoms with van der Waals surface area (Å²) in [4.78, 5) is 14.9. The molecule has 20 heavy (non-hydrogen) atoms. The molecule has 5 rings (SSSR count). The van der Waals surface area contributed by atoms with Crippen LogP contribution >= 0.6 is 0 Å². The first kappa shape index (κ1) is 12.4. The van der Waals surface area contributed by atoms with Crippen molar-refractivity contribution in [2.24, 2.45) is 30.2 Å². The van der Waals surface area contributed by atoms with Gasteiger partial charge in [-0.05, 0) is 56.3 Å². The summed E-state index contributed by atoms with van der Waals surface area (Å²) < 4.78 is 1.76. The highest BCUT2D eigenvalue weighted by molar-refractivity contribution is 5.96. The number of aryl methyl sites for hydroxylation is 1. The van der Waals surface area contributed by atoms with E-state index >= 15 is 0 Å². The minimum atomic E-state index is -0.0684. The van der Waals surface area contributed by atoms with Crippen molar-refractivity contribution in [3.8, 4) is 0 Å². The summed E-state index contributed by atoms with van der Waals surface area (Å²) in [6, 6.07) is 1.93. The van der Waals surface area contributed by atoms with E-state index in [2.05, 4.69) is 5.10 Å². The van der Waals surface area contributed by atoms with E-state index in [9.17, 15) is 4.79 Å². The Morgan fingerprint density at radius 3 is 2.25 bits per heavy atom. The molecule has 0 aromatic carbocycles. The van der Waals surface area contributed by atoms with Crippen molar-refractivity contribution in [3.63, 3.8) is 0 Å². The summed E-state index contributed by atoms with van der Waals surface area (Å²) in [5.74, 6) is 3.52. The second kappa shape index (κ2) is 4.09. The maximum absolute atomic E-state index is 13.1. The fourth-order valence-corrected chi connectivity index (χ4v) is 5.41. The molecular weight excluding hydrogens is 250 g/mol. The van der Waals surface area contributed by atoms with Crippen LogP contribution in [0.25, 0.3) is 0 Å². The van der Waals surface area contributed by atoms with Gasteiger partial charge in [0.15, 0.2) is 5.82 Å². The van der Waals surface area contributed by atoms with Crippen molar-refractivity contribution in [1.82, 2.24) is 9.78 Å². The topological polar surface area (TPSA) is 38.1 Å². The van der Waals surface area contributed by atoms with Crippen LogP contribution < -0.4 is 4.90 Å². The number of nitrogens with zero attached hydrogens (tertiary/aromatic N) is 3. The second-order valence-corrected chi connectivity index (χ2v) is 7.41. The highest BCUT2D eigenvalue weighted by Crippen LogP contribution is 2.60. The fraction of sp³-hybridized carbons (Fsp3) is 0.750. The molecule has 0 unspecified atom stereocenters. The van der Waals surface area contributed by atoms with Crippen molar-refractivity contribution in [3.05, 3.63) is 12.3 Å². The fourth-order valence-electron chi connectivity index (χ4n) is 5.41. The zero-order valence-corrected chi connectivity index (χ0v) is 12.4. The summed E-state index contributed by atoms with van der Waals surface area (Å²) in [5, 5.41) is 4.38. The molecule has 0 N–H and O–H groups in total. The lowest BCUT2D eigenvalue weighted by Crippen LogP contribution is -2.54. The Bertz CT molecular complexity index is 512. The number of anilines is 1. The van der Waals surface area contributed by atoms with Crippen LogP contribution in [0.2, 0.25) is 0 Å². The van der Waals surface area contributed by atoms with E-state index < -0.39 is 0 Å². The first-order valence-corrected chi connectivity index (χ1v) is 7.83. The number of carbonyl (C=O) groups is 1. The molecule has 0 aliphatic heterocycles. The Morgan fingerprint density at radius 2 is 1.80 bits per heavy atom. The van der Waals surface area contributed by atoms with Gasteiger partial charge in [0.05, 0.1) is 5.41 Å². The van der Waals surface area contributed by atoms with Crippen molar-refractivity contribution in [1.29, 1.82) is 0 Å². The zero-order chi connectivity index (χ0) is 13.9. The average molecular weight is 273 g/mol. The monoisotopic (exact) mass is 273 g/mol. The van der Waals surface area contributed by atoms with Gasteiger partial charge in [-0.15, -0.1) is 0 Å². The summed E-state index contributed by atoms with van der Waals surface area (Å²) in [6.07, 6.45) is 9.39. The van der Waals surface area contributed by atoms with Crippen LogP contribution in [0.15, 0.2) is 12.3 Å². The predicted molar refractivity (Wildman–Crippen MR) is 77.2 cm³/mol. The molecule has 0 radical (unpaired) electrons. The molecule has 0 saturated heterocycles. The van der Waals surface area contributed by atoms with E-state index in [1.807, 2.05) is 26.4 Å². The Balaban J connectivity index is 1.62. The van der Waals surface area contributed by atoms with E-state index in [0.717, 1.165) is 42.8 Å². The SMILES string of the molecule is CN(C(=O)C12CC3CC(CC(C3)C1)C2)c1ccn(C)n1. The van der Waals surface area contributed by atoms with Crippen LogP contribution in [0.4, 0.5) is 5.82 Å². The highest BCUT2D eigenvalue weighted by atomic mass is 16.2. The molecule has 1 amide bonds. The molecular formula is C16H23N3O. The Labute approximate surface area is 120 Å². The number of amides is 1. The molecule has 0 spiro atoms. The molecule has 4 fully saturated rings. The van der Waals surface area contributed by atoms with Crippen LogP contribution in [0.1, 0.15) is 38.5 Å². The normalized spacial score (nSPS) is 38.2. The largest absolute Gasteiger partial charge is 0.298 e. The van der Waals surface area contributed by atoms with Crippen LogP contribution in [-0.4, -0.2) is 22.7 Å². The molecule has 1 aromatic heterocycles. The molecule has 4 bridgehead atoms. The Morgan fingerprint density at radius 1 is 1.25 bits per heavy atom. The molecule has 4 heteroatoms. The van der Waals surface area contributed by atoms with Crippen LogP contribution in [-0.2, 0) is 11.8 Å². The lowest BCUT2D eigenvalue weighted by molar-refractivity contribution is -0.143. The summed E-state index contributed by atoms with van der Waals surface area (Å²) in [5.41, 5.74) is -0.0684. The lowest BCUT2D eigenvalue weighted by atomic mass is 9.49. The standard InChI is InChI=1S/C16H23N3O/c1-18-4-3-14(17-18)19(2)15(20)16-8-11-5-12(9-16)7-13(6-11)10-16/h3-4,11-13H,5-10H2,1-2H3. The van der Waals surface area contributed by atoms with Crippen LogP contribution in [0.5, 0.6) is 0 Å². The molecule has 4 nitrogen and oxygen atoms in total. The van der Waals surface area contributed by atoms with E-state index in [-0.39, 0.29) is 5.41 Å². The third-order valence-corrected chi connectivity index (χ3v) is 5.84. The van der Waals surface area contributed by atoms with E-state index in [0.29, 0.717) is 5.91 Å². The predicted octanol–water partition coefficient (Wildman–Crippen LogP) is 2.60. The maximum atomic E-state index is 13.1. The minimum absolute atomic E-state index is 0.0684. The molecule has 1 heterocycles. The van der Waals surface area contributed by atoms with E-state index in [1.54, 1.807) is 9.58 Å². The number of rotatable bonds is 2. The van der Waals surface area contributed by atoms with Gasteiger partial charge in [-0.2, -0.15) is 5.10 Å². The van der Waals surface area contributed by atoms with Crippen molar-refractivity contribution in [2.45, 2.75) is 38.5 Å². The van der Waals surface area contributed by atoms with E-state index in [1.165, 1.54) is 19.3 Å². The molecule has 4 aliphatic rings. The first-order chi connectivity index (χ1) is 9.56. The molecule has 4 aliphatic carbocycles. The number of aromatic nitrogens is 2. The van der Waals surface area contributed by atoms with Gasteiger partial charge in [0.25, 0.3) is 0 Å². The number of carbonyl (C=O) groups excluding carboxylic acids is 1. The molecule has 0 atom stereocenters. The maximum Gasteiger partial charge on any atom is 0.234 e. The minimum Gasteiger partial charge on any atom is -0.298 e. The van der Waals surface area contributed by atoms with Gasteiger partial charge in [-0.1, -0.05) is 0 Å². The highest BCUT2D eigenvalue weighted by Gasteiger charge is 2.55. The Hall–Kier alpha value is -1.32. The van der Waals surface area contributed by atoms with Crippen molar-refractivity contribution in [2.75, 3.05) is 11.9 Å². The average Bonchev–Trinajstić information content (AvgIpc) is 2.82. The van der Waals surface area contributed by atoms with Gasteiger partial charge in [0.1, 0.15) is 0 Å². The van der Waals surface area contributed by atoms with Crippen LogP contribution in [0.3, 0.4) is 0 Å². The van der Waals surface area contributed by atoms with Crippen LogP contribution in [0, 0.1) is 23.2 Å².